The third-order valence-corrected chi connectivity index (χ3v) is 4.32. The maximum absolute atomic E-state index is 4.68. The Morgan fingerprint density at radius 2 is 1.52 bits per heavy atom. The van der Waals surface area contributed by atoms with Crippen molar-refractivity contribution in [2.24, 2.45) is 9.98 Å². The number of nitrogens with zero attached hydrogens (tertiary/aromatic N) is 2. The van der Waals surface area contributed by atoms with E-state index in [1.54, 1.807) is 0 Å². The van der Waals surface area contributed by atoms with Crippen LogP contribution in [0.4, 0.5) is 0 Å². The molecule has 0 spiro atoms. The Morgan fingerprint density at radius 1 is 0.840 bits per heavy atom. The van der Waals surface area contributed by atoms with E-state index in [2.05, 4.69) is 68.9 Å². The van der Waals surface area contributed by atoms with Gasteiger partial charge in [0.05, 0.1) is 28.9 Å². The number of nitrogens with one attached hydrogen (secondary N) is 2. The predicted molar refractivity (Wildman–Crippen MR) is 97.9 cm³/mol. The van der Waals surface area contributed by atoms with E-state index in [-0.39, 0.29) is 25.5 Å². The number of aromatic nitrogens is 1. The molecule has 5 heteroatoms. The van der Waals surface area contributed by atoms with Crippen LogP contribution in [0.15, 0.2) is 81.7 Å². The molecule has 1 unspecified atom stereocenters. The van der Waals surface area contributed by atoms with Gasteiger partial charge in [-0.15, -0.1) is 0 Å². The van der Waals surface area contributed by atoms with Crippen molar-refractivity contribution in [2.75, 3.05) is 0 Å². The van der Waals surface area contributed by atoms with E-state index < -0.39 is 0 Å². The van der Waals surface area contributed by atoms with Crippen molar-refractivity contribution in [3.63, 3.8) is 0 Å². The maximum atomic E-state index is 4.68. The minimum absolute atomic E-state index is 0. The third-order valence-electron chi connectivity index (χ3n) is 4.32. The van der Waals surface area contributed by atoms with Gasteiger partial charge in [0.2, 0.25) is 0 Å². The van der Waals surface area contributed by atoms with Gasteiger partial charge in [-0.05, 0) is 67.2 Å². The van der Waals surface area contributed by atoms with Crippen molar-refractivity contribution in [2.45, 2.75) is 12.5 Å². The van der Waals surface area contributed by atoms with Gasteiger partial charge in [0, 0.05) is 35.9 Å². The first-order valence-corrected chi connectivity index (χ1v) is 8.12. The topological polar surface area (TPSA) is 52.5 Å². The Labute approximate surface area is 158 Å². The van der Waals surface area contributed by atoms with Crippen LogP contribution in [0.2, 0.25) is 0 Å². The molecule has 1 atom stereocenters. The monoisotopic (exact) mass is 376 g/mol. The summed E-state index contributed by atoms with van der Waals surface area (Å²) < 4.78 is 0. The van der Waals surface area contributed by atoms with E-state index in [0.29, 0.717) is 0 Å². The SMILES string of the molecule is C1=CC2=NC1=CC1=CCC(C=C3C=CC(=N3)C=c3ccc([nH]3)=C2)N1.[Zn]. The van der Waals surface area contributed by atoms with Gasteiger partial charge in [0.15, 0.2) is 0 Å². The molecule has 4 aliphatic rings. The zero-order valence-corrected chi connectivity index (χ0v) is 16.7. The fourth-order valence-electron chi connectivity index (χ4n) is 3.20. The van der Waals surface area contributed by atoms with E-state index in [0.717, 1.165) is 45.6 Å². The fourth-order valence-corrected chi connectivity index (χ4v) is 3.20. The van der Waals surface area contributed by atoms with Gasteiger partial charge in [-0.1, -0.05) is 6.08 Å². The van der Waals surface area contributed by atoms with Gasteiger partial charge in [0.1, 0.15) is 0 Å². The van der Waals surface area contributed by atoms with Crippen LogP contribution in [0.1, 0.15) is 6.42 Å². The molecular formula is C20H16N4Zn. The van der Waals surface area contributed by atoms with Crippen LogP contribution in [0.25, 0.3) is 12.2 Å². The molecule has 1 aromatic rings. The fraction of sp³-hybridized carbons (Fsp3) is 0.100. The second-order valence-electron chi connectivity index (χ2n) is 6.20. The normalized spacial score (nSPS) is 22.6. The molecule has 118 valence electrons. The molecule has 0 fully saturated rings. The van der Waals surface area contributed by atoms with Crippen molar-refractivity contribution in [1.29, 1.82) is 0 Å². The van der Waals surface area contributed by atoms with Crippen LogP contribution in [-0.2, 0) is 19.5 Å². The minimum atomic E-state index is 0. The van der Waals surface area contributed by atoms with E-state index in [9.17, 15) is 0 Å². The molecule has 1 aromatic heterocycles. The van der Waals surface area contributed by atoms with Crippen LogP contribution < -0.4 is 16.0 Å². The summed E-state index contributed by atoms with van der Waals surface area (Å²) in [5.74, 6) is 0. The largest absolute Gasteiger partial charge is 0.379 e. The van der Waals surface area contributed by atoms with Gasteiger partial charge < -0.3 is 10.3 Å². The number of hydrogen-bond donors (Lipinski definition) is 2. The molecule has 25 heavy (non-hydrogen) atoms. The van der Waals surface area contributed by atoms with Gasteiger partial charge in [-0.3, -0.25) is 0 Å². The van der Waals surface area contributed by atoms with Crippen molar-refractivity contribution in [3.8, 4) is 0 Å². The van der Waals surface area contributed by atoms with Crippen LogP contribution in [-0.4, -0.2) is 22.4 Å². The smallest absolute Gasteiger partial charge is 0.0658 e. The van der Waals surface area contributed by atoms with Crippen molar-refractivity contribution < 1.29 is 19.5 Å². The molecule has 0 radical (unpaired) electrons. The molecular weight excluding hydrogens is 362 g/mol. The Bertz CT molecular complexity index is 1060. The molecule has 5 rings (SSSR count). The summed E-state index contributed by atoms with van der Waals surface area (Å²) in [5.41, 5.74) is 5.02. The number of rotatable bonds is 0. The van der Waals surface area contributed by atoms with E-state index in [1.807, 2.05) is 18.2 Å². The average Bonchev–Trinajstić information content (AvgIpc) is 3.32. The van der Waals surface area contributed by atoms with Crippen LogP contribution in [0.3, 0.4) is 0 Å². The Kier molecular flexibility index (Phi) is 4.10. The zero-order valence-electron chi connectivity index (χ0n) is 13.7. The quantitative estimate of drug-likeness (QED) is 0.663. The second kappa shape index (κ2) is 6.42. The zero-order chi connectivity index (χ0) is 15.9. The Hall–Kier alpha value is -2.52. The van der Waals surface area contributed by atoms with Gasteiger partial charge in [-0.2, -0.15) is 0 Å². The molecule has 0 saturated carbocycles. The molecule has 4 nitrogen and oxygen atoms in total. The van der Waals surface area contributed by atoms with Crippen LogP contribution in [0.5, 0.6) is 0 Å². The first-order chi connectivity index (χ1) is 11.8. The molecule has 4 aliphatic heterocycles. The number of aromatic amines is 1. The van der Waals surface area contributed by atoms with Crippen molar-refractivity contribution >= 4 is 23.6 Å². The van der Waals surface area contributed by atoms with E-state index in [1.165, 1.54) is 0 Å². The summed E-state index contributed by atoms with van der Waals surface area (Å²) in [5, 5.41) is 5.59. The molecule has 5 heterocycles. The van der Waals surface area contributed by atoms with E-state index in [4.69, 9.17) is 0 Å². The third kappa shape index (κ3) is 3.33. The number of aliphatic imine (C=N–C) groups is 2. The van der Waals surface area contributed by atoms with Crippen molar-refractivity contribution in [1.82, 2.24) is 10.3 Å². The molecule has 0 aliphatic carbocycles. The predicted octanol–water partition coefficient (Wildman–Crippen LogP) is 1.62. The standard InChI is InChI=1S/C20H16N4.Zn/c1-2-14-10-16-5-6-18(23-16)12-20-8-7-19(24-20)11-17-4-3-15(22-17)9-13(1)21-14;/h1-7,9-12,20-21,24H,8H2;. The molecule has 8 bridgehead atoms. The summed E-state index contributed by atoms with van der Waals surface area (Å²) in [6.45, 7) is 0. The molecule has 2 N–H and O–H groups in total. The summed E-state index contributed by atoms with van der Waals surface area (Å²) >= 11 is 0. The summed E-state index contributed by atoms with van der Waals surface area (Å²) in [6, 6.07) is 4.40. The number of hydrogen-bond acceptors (Lipinski definition) is 3. The first kappa shape index (κ1) is 16.0. The number of H-pyrrole nitrogens is 1. The number of allylic oxidation sites excluding steroid dienone is 5. The number of fused-ring (bicyclic) bond motifs is 6. The Balaban J connectivity index is 0.00000157. The van der Waals surface area contributed by atoms with Gasteiger partial charge >= 0.3 is 0 Å². The van der Waals surface area contributed by atoms with E-state index >= 15 is 0 Å². The van der Waals surface area contributed by atoms with Gasteiger partial charge in [0.25, 0.3) is 0 Å². The molecule has 0 saturated heterocycles. The maximum Gasteiger partial charge on any atom is 0.0658 e. The average molecular weight is 378 g/mol. The first-order valence-electron chi connectivity index (χ1n) is 8.12. The summed E-state index contributed by atoms with van der Waals surface area (Å²) in [4.78, 5) is 12.7. The Morgan fingerprint density at radius 3 is 2.28 bits per heavy atom. The van der Waals surface area contributed by atoms with Crippen LogP contribution >= 0.6 is 0 Å². The minimum Gasteiger partial charge on any atom is -0.379 e. The van der Waals surface area contributed by atoms with Crippen molar-refractivity contribution in [3.05, 3.63) is 82.5 Å². The van der Waals surface area contributed by atoms with Gasteiger partial charge in [-0.25, -0.2) is 9.98 Å². The molecule has 0 aromatic carbocycles. The van der Waals surface area contributed by atoms with Crippen LogP contribution in [0, 0.1) is 0 Å². The second-order valence-corrected chi connectivity index (χ2v) is 6.20. The summed E-state index contributed by atoms with van der Waals surface area (Å²) in [6.07, 6.45) is 19.8. The molecule has 0 amide bonds. The summed E-state index contributed by atoms with van der Waals surface area (Å²) in [7, 11) is 0.